The van der Waals surface area contributed by atoms with Crippen molar-refractivity contribution in [2.45, 2.75) is 39.5 Å². The molecule has 0 unspecified atom stereocenters. The number of amides is 2. The van der Waals surface area contributed by atoms with Gasteiger partial charge in [0.1, 0.15) is 5.75 Å². The average Bonchev–Trinajstić information content (AvgIpc) is 2.85. The van der Waals surface area contributed by atoms with Crippen LogP contribution >= 0.6 is 0 Å². The molecule has 2 heterocycles. The van der Waals surface area contributed by atoms with Crippen molar-refractivity contribution >= 4 is 17.6 Å². The number of anilines is 1. The summed E-state index contributed by atoms with van der Waals surface area (Å²) in [4.78, 5) is 31.8. The Hall–Kier alpha value is -3.16. The Morgan fingerprint density at radius 3 is 2.46 bits per heavy atom. The quantitative estimate of drug-likeness (QED) is 0.548. The molecule has 2 aromatic rings. The van der Waals surface area contributed by atoms with Crippen molar-refractivity contribution in [1.82, 2.24) is 20.0 Å². The third-order valence-electron chi connectivity index (χ3n) is 7.04. The lowest BCUT2D eigenvalue weighted by atomic mass is 9.84. The zero-order chi connectivity index (χ0) is 24.8. The van der Waals surface area contributed by atoms with Gasteiger partial charge in [-0.15, -0.1) is 10.2 Å². The molecule has 0 atom stereocenters. The number of carbonyl (C=O) groups is 2. The second kappa shape index (κ2) is 11.5. The van der Waals surface area contributed by atoms with Crippen LogP contribution in [0.3, 0.4) is 0 Å². The minimum absolute atomic E-state index is 0.0422. The smallest absolute Gasteiger partial charge is 0.242 e. The van der Waals surface area contributed by atoms with Gasteiger partial charge in [0.15, 0.2) is 5.82 Å². The molecule has 0 bridgehead atoms. The van der Waals surface area contributed by atoms with Gasteiger partial charge in [0.2, 0.25) is 11.8 Å². The Labute approximate surface area is 208 Å². The molecule has 0 N–H and O–H groups in total. The van der Waals surface area contributed by atoms with E-state index in [0.29, 0.717) is 38.6 Å². The largest absolute Gasteiger partial charge is 0.497 e. The number of piperazine rings is 1. The fraction of sp³-hybridized carbons (Fsp3) is 0.556. The maximum atomic E-state index is 13.1. The van der Waals surface area contributed by atoms with E-state index >= 15 is 0 Å². The van der Waals surface area contributed by atoms with Gasteiger partial charge in [-0.2, -0.15) is 0 Å². The van der Waals surface area contributed by atoms with Crippen molar-refractivity contribution in [1.29, 1.82) is 0 Å². The fourth-order valence-corrected chi connectivity index (χ4v) is 4.47. The lowest BCUT2D eigenvalue weighted by molar-refractivity contribution is -0.145. The SMILES string of the molecule is COc1cccc(-c2ccc(N3CCN(C(=O)CN(CCC(C)C)C(=O)C4CCC4)CC3)nn2)c1. The van der Waals surface area contributed by atoms with Gasteiger partial charge in [-0.05, 0) is 49.4 Å². The molecule has 4 rings (SSSR count). The van der Waals surface area contributed by atoms with Crippen molar-refractivity contribution in [3.05, 3.63) is 36.4 Å². The number of nitrogens with zero attached hydrogens (tertiary/aromatic N) is 5. The Kier molecular flexibility index (Phi) is 8.21. The highest BCUT2D eigenvalue weighted by Gasteiger charge is 2.32. The zero-order valence-electron chi connectivity index (χ0n) is 21.2. The van der Waals surface area contributed by atoms with E-state index in [1.165, 1.54) is 0 Å². The number of ether oxygens (including phenoxy) is 1. The van der Waals surface area contributed by atoms with Gasteiger partial charge in [-0.25, -0.2) is 0 Å². The topological polar surface area (TPSA) is 78.9 Å². The maximum Gasteiger partial charge on any atom is 0.242 e. The van der Waals surface area contributed by atoms with Gasteiger partial charge in [-0.3, -0.25) is 9.59 Å². The summed E-state index contributed by atoms with van der Waals surface area (Å²) in [5.41, 5.74) is 1.75. The van der Waals surface area contributed by atoms with E-state index in [-0.39, 0.29) is 24.3 Å². The van der Waals surface area contributed by atoms with Gasteiger partial charge < -0.3 is 19.4 Å². The minimum Gasteiger partial charge on any atom is -0.497 e. The first-order valence-corrected chi connectivity index (χ1v) is 12.7. The van der Waals surface area contributed by atoms with Crippen LogP contribution < -0.4 is 9.64 Å². The second-order valence-corrected chi connectivity index (χ2v) is 9.95. The van der Waals surface area contributed by atoms with Crippen LogP contribution in [0.25, 0.3) is 11.3 Å². The van der Waals surface area contributed by atoms with Crippen LogP contribution in [-0.4, -0.2) is 78.2 Å². The summed E-state index contributed by atoms with van der Waals surface area (Å²) in [6, 6.07) is 11.7. The number of rotatable bonds is 9. The fourth-order valence-electron chi connectivity index (χ4n) is 4.47. The molecule has 2 amide bonds. The van der Waals surface area contributed by atoms with E-state index in [9.17, 15) is 9.59 Å². The zero-order valence-corrected chi connectivity index (χ0v) is 21.2. The van der Waals surface area contributed by atoms with Crippen LogP contribution in [0.15, 0.2) is 36.4 Å². The Morgan fingerprint density at radius 2 is 1.86 bits per heavy atom. The van der Waals surface area contributed by atoms with Crippen molar-refractivity contribution in [2.75, 3.05) is 51.3 Å². The second-order valence-electron chi connectivity index (χ2n) is 9.95. The molecular weight excluding hydrogens is 442 g/mol. The molecule has 1 aliphatic heterocycles. The van der Waals surface area contributed by atoms with Crippen LogP contribution in [-0.2, 0) is 9.59 Å². The number of hydrogen-bond donors (Lipinski definition) is 0. The van der Waals surface area contributed by atoms with Gasteiger partial charge in [0.25, 0.3) is 0 Å². The molecule has 1 aromatic heterocycles. The van der Waals surface area contributed by atoms with Crippen LogP contribution in [0.1, 0.15) is 39.5 Å². The van der Waals surface area contributed by atoms with E-state index in [1.807, 2.05) is 41.3 Å². The molecule has 0 spiro atoms. The number of benzene rings is 1. The van der Waals surface area contributed by atoms with Crippen molar-refractivity contribution < 1.29 is 14.3 Å². The molecule has 2 fully saturated rings. The predicted molar refractivity (Wildman–Crippen MR) is 136 cm³/mol. The molecular formula is C27H37N5O3. The Morgan fingerprint density at radius 1 is 1.09 bits per heavy atom. The summed E-state index contributed by atoms with van der Waals surface area (Å²) in [6.07, 6.45) is 3.96. The van der Waals surface area contributed by atoms with E-state index in [4.69, 9.17) is 4.74 Å². The normalized spacial score (nSPS) is 16.2. The summed E-state index contributed by atoms with van der Waals surface area (Å²) < 4.78 is 5.30. The molecule has 0 radical (unpaired) electrons. The van der Waals surface area contributed by atoms with Gasteiger partial charge in [0, 0.05) is 44.2 Å². The number of aromatic nitrogens is 2. The first kappa shape index (κ1) is 24.9. The summed E-state index contributed by atoms with van der Waals surface area (Å²) >= 11 is 0. The van der Waals surface area contributed by atoms with Crippen molar-refractivity contribution in [3.63, 3.8) is 0 Å². The number of methoxy groups -OCH3 is 1. The molecule has 188 valence electrons. The molecule has 35 heavy (non-hydrogen) atoms. The van der Waals surface area contributed by atoms with Crippen molar-refractivity contribution in [3.8, 4) is 17.0 Å². The van der Waals surface area contributed by atoms with E-state index in [0.717, 1.165) is 48.5 Å². The third-order valence-corrected chi connectivity index (χ3v) is 7.04. The number of hydrogen-bond acceptors (Lipinski definition) is 6. The standard InChI is InChI=1S/C27H37N5O3/c1-20(2)12-13-32(27(34)21-6-4-7-21)19-26(33)31-16-14-30(15-17-31)25-11-10-24(28-29-25)22-8-5-9-23(18-22)35-3/h5,8-11,18,20-21H,4,6-7,12-17,19H2,1-3H3. The van der Waals surface area contributed by atoms with E-state index in [1.54, 1.807) is 12.0 Å². The lowest BCUT2D eigenvalue weighted by Crippen LogP contribution is -2.53. The first-order valence-electron chi connectivity index (χ1n) is 12.7. The van der Waals surface area contributed by atoms with Crippen LogP contribution in [0.4, 0.5) is 5.82 Å². The minimum atomic E-state index is 0.0422. The summed E-state index contributed by atoms with van der Waals surface area (Å²) in [6.45, 7) is 7.79. The predicted octanol–water partition coefficient (Wildman–Crippen LogP) is 3.48. The molecule has 8 nitrogen and oxygen atoms in total. The lowest BCUT2D eigenvalue weighted by Gasteiger charge is -2.37. The molecule has 1 aromatic carbocycles. The average molecular weight is 480 g/mol. The monoisotopic (exact) mass is 479 g/mol. The maximum absolute atomic E-state index is 13.1. The van der Waals surface area contributed by atoms with Crippen molar-refractivity contribution in [2.24, 2.45) is 11.8 Å². The van der Waals surface area contributed by atoms with E-state index < -0.39 is 0 Å². The highest BCUT2D eigenvalue weighted by atomic mass is 16.5. The van der Waals surface area contributed by atoms with Crippen LogP contribution in [0, 0.1) is 11.8 Å². The molecule has 8 heteroatoms. The van der Waals surface area contributed by atoms with Gasteiger partial charge in [-0.1, -0.05) is 32.4 Å². The van der Waals surface area contributed by atoms with E-state index in [2.05, 4.69) is 28.9 Å². The third kappa shape index (κ3) is 6.29. The summed E-state index contributed by atoms with van der Waals surface area (Å²) in [5.74, 6) is 2.41. The van der Waals surface area contributed by atoms with Gasteiger partial charge >= 0.3 is 0 Å². The Bertz CT molecular complexity index is 998. The van der Waals surface area contributed by atoms with Gasteiger partial charge in [0.05, 0.1) is 19.3 Å². The molecule has 1 aliphatic carbocycles. The summed E-state index contributed by atoms with van der Waals surface area (Å²) in [5, 5.41) is 8.84. The Balaban J connectivity index is 1.31. The number of carbonyl (C=O) groups excluding carboxylic acids is 2. The first-order chi connectivity index (χ1) is 16.9. The molecule has 1 saturated heterocycles. The highest BCUT2D eigenvalue weighted by Crippen LogP contribution is 2.28. The van der Waals surface area contributed by atoms with Crippen LogP contribution in [0.5, 0.6) is 5.75 Å². The molecule has 2 aliphatic rings. The summed E-state index contributed by atoms with van der Waals surface area (Å²) in [7, 11) is 1.65. The molecule has 1 saturated carbocycles. The highest BCUT2D eigenvalue weighted by molar-refractivity contribution is 5.86. The van der Waals surface area contributed by atoms with Crippen LogP contribution in [0.2, 0.25) is 0 Å².